The Bertz CT molecular complexity index is 1360. The Labute approximate surface area is 256 Å². The van der Waals surface area contributed by atoms with E-state index in [9.17, 15) is 24.6 Å². The van der Waals surface area contributed by atoms with Crippen LogP contribution in [0.3, 0.4) is 0 Å². The molecule has 228 valence electrons. The summed E-state index contributed by atoms with van der Waals surface area (Å²) in [6, 6.07) is 21.9. The van der Waals surface area contributed by atoms with Crippen molar-refractivity contribution in [3.63, 3.8) is 0 Å². The molecule has 43 heavy (non-hydrogen) atoms. The number of amides is 2. The molecule has 2 amide bonds. The summed E-state index contributed by atoms with van der Waals surface area (Å²) in [5.41, 5.74) is 3.49. The molecule has 4 N–H and O–H groups in total. The summed E-state index contributed by atoms with van der Waals surface area (Å²) >= 11 is 1.59. The van der Waals surface area contributed by atoms with E-state index in [1.54, 1.807) is 36.0 Å². The molecule has 0 aromatic heterocycles. The highest BCUT2D eigenvalue weighted by atomic mass is 32.2. The molecule has 1 fully saturated rings. The Kier molecular flexibility index (Phi) is 12.2. The molecule has 3 aromatic carbocycles. The molecule has 3 aromatic rings. The molecule has 1 heterocycles. The number of ether oxygens (including phenoxy) is 2. The molecule has 0 spiro atoms. The topological polar surface area (TPSA) is 134 Å². The minimum atomic E-state index is -0.959. The Morgan fingerprint density at radius 1 is 0.930 bits per heavy atom. The number of carboxylic acid groups (broad SMARTS) is 1. The van der Waals surface area contributed by atoms with Gasteiger partial charge in [0, 0.05) is 48.2 Å². The second-order valence-corrected chi connectivity index (χ2v) is 11.6. The first-order valence-corrected chi connectivity index (χ1v) is 15.4. The molecular formula is C33H38N2O7S. The van der Waals surface area contributed by atoms with Crippen molar-refractivity contribution in [1.82, 2.24) is 5.32 Å². The minimum Gasteiger partial charge on any atom is -0.478 e. The second kappa shape index (κ2) is 16.2. The van der Waals surface area contributed by atoms with E-state index >= 15 is 0 Å². The third-order valence-electron chi connectivity index (χ3n) is 7.05. The predicted molar refractivity (Wildman–Crippen MR) is 165 cm³/mol. The summed E-state index contributed by atoms with van der Waals surface area (Å²) < 4.78 is 12.8. The fourth-order valence-electron chi connectivity index (χ4n) is 4.74. The summed E-state index contributed by atoms with van der Waals surface area (Å²) in [5, 5.41) is 24.4. The number of aromatic carboxylic acids is 1. The smallest absolute Gasteiger partial charge is 0.335 e. The van der Waals surface area contributed by atoms with E-state index in [1.807, 2.05) is 48.5 Å². The van der Waals surface area contributed by atoms with Crippen LogP contribution in [-0.2, 0) is 25.7 Å². The van der Waals surface area contributed by atoms with Crippen molar-refractivity contribution in [3.05, 3.63) is 95.1 Å². The van der Waals surface area contributed by atoms with Gasteiger partial charge in [-0.2, -0.15) is 0 Å². The maximum atomic E-state index is 12.6. The van der Waals surface area contributed by atoms with Gasteiger partial charge in [0.05, 0.1) is 24.4 Å². The zero-order valence-corrected chi connectivity index (χ0v) is 25.0. The summed E-state index contributed by atoms with van der Waals surface area (Å²) in [4.78, 5) is 35.7. The molecule has 0 unspecified atom stereocenters. The van der Waals surface area contributed by atoms with Crippen LogP contribution in [0.25, 0.3) is 0 Å². The zero-order valence-electron chi connectivity index (χ0n) is 24.2. The number of thioether (sulfide) groups is 1. The number of aliphatic hydroxyl groups is 1. The third kappa shape index (κ3) is 10.2. The van der Waals surface area contributed by atoms with Crippen LogP contribution in [0.2, 0.25) is 0 Å². The van der Waals surface area contributed by atoms with E-state index in [-0.39, 0.29) is 36.2 Å². The maximum Gasteiger partial charge on any atom is 0.335 e. The lowest BCUT2D eigenvalue weighted by Crippen LogP contribution is -2.31. The molecule has 0 saturated carbocycles. The first-order valence-electron chi connectivity index (χ1n) is 14.4. The van der Waals surface area contributed by atoms with Crippen molar-refractivity contribution >= 4 is 35.2 Å². The van der Waals surface area contributed by atoms with Crippen molar-refractivity contribution in [2.75, 3.05) is 17.6 Å². The molecule has 4 rings (SSSR count). The van der Waals surface area contributed by atoms with Gasteiger partial charge in [-0.1, -0.05) is 42.8 Å². The van der Waals surface area contributed by atoms with Gasteiger partial charge in [0.25, 0.3) is 0 Å². The highest BCUT2D eigenvalue weighted by molar-refractivity contribution is 7.99. The molecule has 0 aliphatic carbocycles. The lowest BCUT2D eigenvalue weighted by molar-refractivity contribution is -0.245. The summed E-state index contributed by atoms with van der Waals surface area (Å²) in [7, 11) is 0. The van der Waals surface area contributed by atoms with Gasteiger partial charge in [-0.3, -0.25) is 9.59 Å². The van der Waals surface area contributed by atoms with Crippen molar-refractivity contribution in [2.24, 2.45) is 0 Å². The molecule has 3 atom stereocenters. The number of rotatable bonds is 14. The molecule has 1 aliphatic heterocycles. The number of nitrogens with one attached hydrogen (secondary N) is 2. The molecular weight excluding hydrogens is 568 g/mol. The quantitative estimate of drug-likeness (QED) is 0.133. The first kappa shape index (κ1) is 32.2. The Hall–Kier alpha value is -3.70. The van der Waals surface area contributed by atoms with E-state index in [1.165, 1.54) is 6.92 Å². The lowest BCUT2D eigenvalue weighted by Gasteiger charge is -2.36. The van der Waals surface area contributed by atoms with Crippen LogP contribution in [0.5, 0.6) is 0 Å². The molecule has 0 radical (unpaired) electrons. The normalized spacial score (nSPS) is 18.1. The Morgan fingerprint density at radius 2 is 1.70 bits per heavy atom. The summed E-state index contributed by atoms with van der Waals surface area (Å²) in [6.45, 7) is 2.07. The van der Waals surface area contributed by atoms with Crippen molar-refractivity contribution < 1.29 is 34.1 Å². The average Bonchev–Trinajstić information content (AvgIpc) is 3.01. The van der Waals surface area contributed by atoms with E-state index in [0.717, 1.165) is 40.8 Å². The van der Waals surface area contributed by atoms with Gasteiger partial charge in [-0.25, -0.2) is 4.79 Å². The molecule has 0 bridgehead atoms. The molecule has 10 heteroatoms. The van der Waals surface area contributed by atoms with Crippen LogP contribution in [0.15, 0.2) is 77.7 Å². The van der Waals surface area contributed by atoms with Gasteiger partial charge in [0.2, 0.25) is 11.8 Å². The zero-order chi connectivity index (χ0) is 30.6. The van der Waals surface area contributed by atoms with E-state index in [4.69, 9.17) is 9.47 Å². The van der Waals surface area contributed by atoms with Crippen molar-refractivity contribution in [3.8, 4) is 0 Å². The fraction of sp³-hybridized carbons (Fsp3) is 0.364. The summed E-state index contributed by atoms with van der Waals surface area (Å²) in [6.07, 6.45) is 2.34. The number of carboxylic acids is 1. The molecule has 1 saturated heterocycles. The number of hydrogen-bond donors (Lipinski definition) is 4. The van der Waals surface area contributed by atoms with Gasteiger partial charge in [0.15, 0.2) is 6.29 Å². The van der Waals surface area contributed by atoms with E-state index in [0.29, 0.717) is 30.8 Å². The first-order chi connectivity index (χ1) is 20.8. The molecule has 9 nitrogen and oxygen atoms in total. The van der Waals surface area contributed by atoms with Crippen LogP contribution >= 0.6 is 11.8 Å². The third-order valence-corrected chi connectivity index (χ3v) is 8.19. The van der Waals surface area contributed by atoms with Gasteiger partial charge in [0.1, 0.15) is 0 Å². The largest absolute Gasteiger partial charge is 0.478 e. The number of hydrogen-bond acceptors (Lipinski definition) is 7. The number of carbonyl (C=O) groups excluding carboxylic acids is 2. The second-order valence-electron chi connectivity index (χ2n) is 10.5. The van der Waals surface area contributed by atoms with E-state index in [2.05, 4.69) is 10.6 Å². The monoisotopic (exact) mass is 606 g/mol. The predicted octanol–water partition coefficient (Wildman–Crippen LogP) is 5.85. The van der Waals surface area contributed by atoms with Crippen LogP contribution < -0.4 is 10.6 Å². The van der Waals surface area contributed by atoms with Gasteiger partial charge in [-0.15, -0.1) is 11.8 Å². The van der Waals surface area contributed by atoms with Crippen LogP contribution in [0, 0.1) is 0 Å². The lowest BCUT2D eigenvalue weighted by atomic mass is 10.0. The Morgan fingerprint density at radius 3 is 2.40 bits per heavy atom. The number of carbonyl (C=O) groups is 3. The maximum absolute atomic E-state index is 12.6. The number of benzene rings is 3. The van der Waals surface area contributed by atoms with Crippen molar-refractivity contribution in [1.29, 1.82) is 0 Å². The van der Waals surface area contributed by atoms with Gasteiger partial charge < -0.3 is 30.3 Å². The summed E-state index contributed by atoms with van der Waals surface area (Å²) in [5.74, 6) is -0.450. The standard InChI is InChI=1S/C33H38N2O7S/c1-22(37)34-17-4-2-3-8-31(38)35-27-7-5-6-26(18-27)33-41-28(21-43-29-15-13-25(14-16-29)32(39)40)19-30(42-33)24-11-9-23(20-36)10-12-24/h5-7,9-16,18,28,30,33,36H,2-4,8,17,19-21H2,1H3,(H,34,37)(H,35,38)(H,39,40)/t28-,30+,33+/m1/s1. The highest BCUT2D eigenvalue weighted by Crippen LogP contribution is 2.40. The van der Waals surface area contributed by atoms with Gasteiger partial charge >= 0.3 is 5.97 Å². The number of anilines is 1. The van der Waals surface area contributed by atoms with Crippen LogP contribution in [0.4, 0.5) is 5.69 Å². The van der Waals surface area contributed by atoms with Gasteiger partial charge in [-0.05, 0) is 60.4 Å². The number of aliphatic hydroxyl groups excluding tert-OH is 1. The molecule has 1 aliphatic rings. The number of unbranched alkanes of at least 4 members (excludes halogenated alkanes) is 2. The Balaban J connectivity index is 1.41. The highest BCUT2D eigenvalue weighted by Gasteiger charge is 2.32. The SMILES string of the molecule is CC(=O)NCCCCCC(=O)Nc1cccc([C@H]2O[C@@H](CSc3ccc(C(=O)O)cc3)C[C@@H](c3ccc(CO)cc3)O2)c1. The average molecular weight is 607 g/mol. The fourth-order valence-corrected chi connectivity index (χ4v) is 5.67. The minimum absolute atomic E-state index is 0.0347. The van der Waals surface area contributed by atoms with Crippen molar-refractivity contribution in [2.45, 2.75) is 69.0 Å². The van der Waals surface area contributed by atoms with Crippen LogP contribution in [0.1, 0.15) is 78.5 Å². The van der Waals surface area contributed by atoms with Crippen LogP contribution in [-0.4, -0.2) is 46.4 Å². The van der Waals surface area contributed by atoms with E-state index < -0.39 is 12.3 Å².